The molecule has 7 heteroatoms. The van der Waals surface area contributed by atoms with Crippen LogP contribution in [0.25, 0.3) is 11.0 Å². The second-order valence-corrected chi connectivity index (χ2v) is 8.72. The summed E-state index contributed by atoms with van der Waals surface area (Å²) in [7, 11) is 0. The Kier molecular flexibility index (Phi) is 6.72. The number of fused-ring (bicyclic) bond motifs is 1. The van der Waals surface area contributed by atoms with Gasteiger partial charge in [-0.05, 0) is 50.1 Å². The van der Waals surface area contributed by atoms with Crippen molar-refractivity contribution >= 4 is 28.5 Å². The highest BCUT2D eigenvalue weighted by atomic mass is 16.2. The summed E-state index contributed by atoms with van der Waals surface area (Å²) in [5, 5.41) is 8.07. The van der Waals surface area contributed by atoms with Gasteiger partial charge in [0.25, 0.3) is 5.91 Å². The minimum absolute atomic E-state index is 0.118. The molecule has 0 aliphatic rings. The minimum atomic E-state index is -0.240. The number of carbonyl (C=O) groups is 2. The van der Waals surface area contributed by atoms with E-state index in [1.165, 1.54) is 6.92 Å². The standard InChI is InChI=1S/C27H29N5O2/c1-18(2)32-26-23(16-29-32)13-24(15-28-26)27(34)31(17-21-9-6-5-7-10-21)19(3)22-11-8-12-25(14-22)30-20(4)33/h5-16,18-19H,17H2,1-4H3,(H,30,33). The summed E-state index contributed by atoms with van der Waals surface area (Å²) in [5.74, 6) is -0.253. The Morgan fingerprint density at radius 2 is 1.76 bits per heavy atom. The molecule has 1 N–H and O–H groups in total. The number of benzene rings is 2. The summed E-state index contributed by atoms with van der Waals surface area (Å²) >= 11 is 0. The second-order valence-electron chi connectivity index (χ2n) is 8.72. The maximum atomic E-state index is 13.8. The lowest BCUT2D eigenvalue weighted by Crippen LogP contribution is -2.33. The highest BCUT2D eigenvalue weighted by Gasteiger charge is 2.24. The number of anilines is 1. The average Bonchev–Trinajstić information content (AvgIpc) is 3.26. The normalized spacial score (nSPS) is 12.0. The fourth-order valence-corrected chi connectivity index (χ4v) is 4.02. The van der Waals surface area contributed by atoms with Crippen LogP contribution in [0.1, 0.15) is 61.3 Å². The zero-order valence-electron chi connectivity index (χ0n) is 19.9. The summed E-state index contributed by atoms with van der Waals surface area (Å²) in [6.45, 7) is 8.01. The zero-order valence-corrected chi connectivity index (χ0v) is 19.9. The quantitative estimate of drug-likeness (QED) is 0.406. The molecule has 0 aliphatic heterocycles. The van der Waals surface area contributed by atoms with E-state index in [1.54, 1.807) is 12.4 Å². The summed E-state index contributed by atoms with van der Waals surface area (Å²) in [6.07, 6.45) is 3.38. The van der Waals surface area contributed by atoms with Crippen molar-refractivity contribution in [3.8, 4) is 0 Å². The number of hydrogen-bond donors (Lipinski definition) is 1. The molecule has 2 heterocycles. The molecule has 2 aromatic heterocycles. The van der Waals surface area contributed by atoms with Crippen molar-refractivity contribution < 1.29 is 9.59 Å². The van der Waals surface area contributed by atoms with Gasteiger partial charge in [0.15, 0.2) is 5.65 Å². The third-order valence-electron chi connectivity index (χ3n) is 5.78. The van der Waals surface area contributed by atoms with Gasteiger partial charge in [0.2, 0.25) is 5.91 Å². The van der Waals surface area contributed by atoms with Crippen LogP contribution in [0.5, 0.6) is 0 Å². The van der Waals surface area contributed by atoms with Crippen LogP contribution in [0.15, 0.2) is 73.1 Å². The summed E-state index contributed by atoms with van der Waals surface area (Å²) in [5.41, 5.74) is 3.93. The maximum Gasteiger partial charge on any atom is 0.256 e. The lowest BCUT2D eigenvalue weighted by molar-refractivity contribution is -0.114. The topological polar surface area (TPSA) is 80.1 Å². The SMILES string of the molecule is CC(=O)Nc1cccc(C(C)N(Cc2ccccc2)C(=O)c2cnc3c(cnn3C(C)C)c2)c1. The van der Waals surface area contributed by atoms with Crippen LogP contribution in [-0.2, 0) is 11.3 Å². The number of amides is 2. The molecule has 4 aromatic rings. The molecular weight excluding hydrogens is 426 g/mol. The van der Waals surface area contributed by atoms with Crippen LogP contribution < -0.4 is 5.32 Å². The molecule has 0 saturated carbocycles. The lowest BCUT2D eigenvalue weighted by atomic mass is 10.0. The molecule has 0 aliphatic carbocycles. The number of hydrogen-bond acceptors (Lipinski definition) is 4. The summed E-state index contributed by atoms with van der Waals surface area (Å²) in [4.78, 5) is 31.7. The molecule has 1 atom stereocenters. The van der Waals surface area contributed by atoms with Crippen molar-refractivity contribution in [2.24, 2.45) is 0 Å². The second kappa shape index (κ2) is 9.87. The zero-order chi connectivity index (χ0) is 24.2. The number of nitrogens with zero attached hydrogens (tertiary/aromatic N) is 4. The van der Waals surface area contributed by atoms with Gasteiger partial charge < -0.3 is 10.2 Å². The molecule has 0 saturated heterocycles. The Morgan fingerprint density at radius 3 is 2.47 bits per heavy atom. The van der Waals surface area contributed by atoms with Crippen LogP contribution in [0.2, 0.25) is 0 Å². The fourth-order valence-electron chi connectivity index (χ4n) is 4.02. The first-order valence-corrected chi connectivity index (χ1v) is 11.4. The number of rotatable bonds is 7. The molecule has 1 unspecified atom stereocenters. The van der Waals surface area contributed by atoms with E-state index in [2.05, 4.69) is 15.4 Å². The predicted molar refractivity (Wildman–Crippen MR) is 133 cm³/mol. The number of pyridine rings is 1. The Labute approximate surface area is 199 Å². The molecule has 0 bridgehead atoms. The van der Waals surface area contributed by atoms with Crippen molar-refractivity contribution in [3.63, 3.8) is 0 Å². The molecule has 2 amide bonds. The van der Waals surface area contributed by atoms with Gasteiger partial charge >= 0.3 is 0 Å². The Bertz CT molecular complexity index is 1310. The van der Waals surface area contributed by atoms with E-state index in [9.17, 15) is 9.59 Å². The molecule has 174 valence electrons. The number of nitrogens with one attached hydrogen (secondary N) is 1. The van der Waals surface area contributed by atoms with Crippen molar-refractivity contribution in [2.75, 3.05) is 5.32 Å². The van der Waals surface area contributed by atoms with Crippen molar-refractivity contribution in [1.82, 2.24) is 19.7 Å². The van der Waals surface area contributed by atoms with Gasteiger partial charge in [0, 0.05) is 36.8 Å². The molecule has 0 fully saturated rings. The predicted octanol–water partition coefficient (Wildman–Crippen LogP) is 5.37. The fraction of sp³-hybridized carbons (Fsp3) is 0.259. The molecule has 34 heavy (non-hydrogen) atoms. The molecule has 2 aromatic carbocycles. The summed E-state index contributed by atoms with van der Waals surface area (Å²) < 4.78 is 1.85. The average molecular weight is 456 g/mol. The van der Waals surface area contributed by atoms with Gasteiger partial charge in [-0.1, -0.05) is 42.5 Å². The van der Waals surface area contributed by atoms with E-state index < -0.39 is 0 Å². The van der Waals surface area contributed by atoms with E-state index in [0.717, 1.165) is 22.2 Å². The van der Waals surface area contributed by atoms with E-state index in [-0.39, 0.29) is 23.9 Å². The van der Waals surface area contributed by atoms with Crippen LogP contribution in [-0.4, -0.2) is 31.5 Å². The maximum absolute atomic E-state index is 13.8. The van der Waals surface area contributed by atoms with Gasteiger partial charge in [-0.15, -0.1) is 0 Å². The first-order valence-electron chi connectivity index (χ1n) is 11.4. The largest absolute Gasteiger partial charge is 0.328 e. The van der Waals surface area contributed by atoms with Gasteiger partial charge in [0.1, 0.15) is 0 Å². The van der Waals surface area contributed by atoms with Gasteiger partial charge in [-0.2, -0.15) is 5.10 Å². The van der Waals surface area contributed by atoms with Gasteiger partial charge in [-0.3, -0.25) is 9.59 Å². The first kappa shape index (κ1) is 23.2. The minimum Gasteiger partial charge on any atom is -0.328 e. The van der Waals surface area contributed by atoms with Crippen LogP contribution in [0.3, 0.4) is 0 Å². The van der Waals surface area contributed by atoms with Crippen LogP contribution >= 0.6 is 0 Å². The first-order chi connectivity index (χ1) is 16.3. The highest BCUT2D eigenvalue weighted by molar-refractivity contribution is 5.97. The smallest absolute Gasteiger partial charge is 0.256 e. The molecule has 7 nitrogen and oxygen atoms in total. The molecular formula is C27H29N5O2. The van der Waals surface area contributed by atoms with E-state index >= 15 is 0 Å². The van der Waals surface area contributed by atoms with Crippen LogP contribution in [0, 0.1) is 0 Å². The van der Waals surface area contributed by atoms with Gasteiger partial charge in [-0.25, -0.2) is 9.67 Å². The monoisotopic (exact) mass is 455 g/mol. The van der Waals surface area contributed by atoms with Gasteiger partial charge in [0.05, 0.1) is 17.8 Å². The molecule has 0 radical (unpaired) electrons. The van der Waals surface area contributed by atoms with E-state index in [1.807, 2.05) is 91.0 Å². The Balaban J connectivity index is 1.70. The van der Waals surface area contributed by atoms with Crippen LogP contribution in [0.4, 0.5) is 5.69 Å². The van der Waals surface area contributed by atoms with Crippen molar-refractivity contribution in [1.29, 1.82) is 0 Å². The Morgan fingerprint density at radius 1 is 1.00 bits per heavy atom. The molecule has 0 spiro atoms. The summed E-state index contributed by atoms with van der Waals surface area (Å²) in [6, 6.07) is 19.3. The highest BCUT2D eigenvalue weighted by Crippen LogP contribution is 2.27. The lowest BCUT2D eigenvalue weighted by Gasteiger charge is -2.30. The Hall–Kier alpha value is -4.00. The number of aromatic nitrogens is 3. The third-order valence-corrected chi connectivity index (χ3v) is 5.78. The molecule has 4 rings (SSSR count). The van der Waals surface area contributed by atoms with Crippen molar-refractivity contribution in [2.45, 2.75) is 46.3 Å². The number of carbonyl (C=O) groups excluding carboxylic acids is 2. The van der Waals surface area contributed by atoms with E-state index in [4.69, 9.17) is 0 Å². The third kappa shape index (κ3) is 4.98. The van der Waals surface area contributed by atoms with Crippen molar-refractivity contribution in [3.05, 3.63) is 89.7 Å². The van der Waals surface area contributed by atoms with E-state index in [0.29, 0.717) is 17.8 Å².